The average Bonchev–Trinajstić information content (AvgIpc) is 3.19. The maximum atomic E-state index is 14.1. The molecule has 3 rings (SSSR count). The second-order valence-corrected chi connectivity index (χ2v) is 8.31. The van der Waals surface area contributed by atoms with Gasteiger partial charge < -0.3 is 4.90 Å². The zero-order valence-corrected chi connectivity index (χ0v) is 17.2. The molecule has 0 bridgehead atoms. The predicted molar refractivity (Wildman–Crippen MR) is 110 cm³/mol. The number of amides is 1. The predicted octanol–water partition coefficient (Wildman–Crippen LogP) is 4.98. The number of thioether (sulfide) groups is 1. The molecule has 1 fully saturated rings. The summed E-state index contributed by atoms with van der Waals surface area (Å²) in [6.45, 7) is 3.35. The summed E-state index contributed by atoms with van der Waals surface area (Å²) in [6.07, 6.45) is 1.75. The number of halogens is 3. The molecule has 29 heavy (non-hydrogen) atoms. The smallest absolute Gasteiger partial charge is 0.237 e. The van der Waals surface area contributed by atoms with E-state index in [1.165, 1.54) is 30.3 Å². The quantitative estimate of drug-likeness (QED) is 0.599. The van der Waals surface area contributed by atoms with Gasteiger partial charge in [-0.1, -0.05) is 31.5 Å². The van der Waals surface area contributed by atoms with E-state index in [2.05, 4.69) is 0 Å². The first-order valence-electron chi connectivity index (χ1n) is 9.81. The van der Waals surface area contributed by atoms with Gasteiger partial charge in [0.1, 0.15) is 22.8 Å². The fraction of sp³-hybridized carbons (Fsp3) is 0.409. The van der Waals surface area contributed by atoms with Crippen LogP contribution in [0.15, 0.2) is 42.5 Å². The van der Waals surface area contributed by atoms with Crippen molar-refractivity contribution in [3.05, 3.63) is 71.0 Å². The zero-order valence-electron chi connectivity index (χ0n) is 16.4. The van der Waals surface area contributed by atoms with E-state index in [9.17, 15) is 18.0 Å². The minimum atomic E-state index is -0.597. The Balaban J connectivity index is 1.72. The van der Waals surface area contributed by atoms with E-state index >= 15 is 0 Å². The number of carbonyl (C=O) groups is 1. The normalized spacial score (nSPS) is 16.6. The molecule has 3 nitrogen and oxygen atoms in total. The summed E-state index contributed by atoms with van der Waals surface area (Å²) in [6, 6.07) is 9.99. The molecule has 2 aromatic rings. The van der Waals surface area contributed by atoms with Gasteiger partial charge in [-0.2, -0.15) is 0 Å². The van der Waals surface area contributed by atoms with E-state index in [1.807, 2.05) is 6.92 Å². The molecule has 1 unspecified atom stereocenters. The summed E-state index contributed by atoms with van der Waals surface area (Å²) in [5.41, 5.74) is 0.866. The summed E-state index contributed by atoms with van der Waals surface area (Å²) in [5.74, 6) is -0.797. The molecule has 156 valence electrons. The van der Waals surface area contributed by atoms with Crippen LogP contribution in [0.25, 0.3) is 0 Å². The summed E-state index contributed by atoms with van der Waals surface area (Å²) in [5, 5.41) is -0.165. The zero-order chi connectivity index (χ0) is 20.8. The van der Waals surface area contributed by atoms with Crippen LogP contribution in [0, 0.1) is 17.5 Å². The number of hydrogen-bond acceptors (Lipinski definition) is 3. The Labute approximate surface area is 173 Å². The van der Waals surface area contributed by atoms with Crippen molar-refractivity contribution in [2.45, 2.75) is 31.7 Å². The molecule has 7 heteroatoms. The molecule has 0 aromatic heterocycles. The van der Waals surface area contributed by atoms with Crippen LogP contribution in [0.4, 0.5) is 13.2 Å². The maximum Gasteiger partial charge on any atom is 0.237 e. The van der Waals surface area contributed by atoms with Crippen LogP contribution in [-0.2, 0) is 11.3 Å². The van der Waals surface area contributed by atoms with Gasteiger partial charge in [-0.15, -0.1) is 11.8 Å². The molecule has 0 saturated carbocycles. The number of benzene rings is 2. The number of unbranched alkanes of at least 4 members (excludes halogenated alkanes) is 1. The minimum Gasteiger partial charge on any atom is -0.325 e. The van der Waals surface area contributed by atoms with Crippen LogP contribution >= 0.6 is 11.8 Å². The third-order valence-corrected chi connectivity index (χ3v) is 6.26. The largest absolute Gasteiger partial charge is 0.325 e. The van der Waals surface area contributed by atoms with Gasteiger partial charge in [0.25, 0.3) is 0 Å². The van der Waals surface area contributed by atoms with Crippen molar-refractivity contribution in [3.63, 3.8) is 0 Å². The van der Waals surface area contributed by atoms with E-state index in [1.54, 1.807) is 33.7 Å². The standard InChI is InChI=1S/C22H25F3N2OS/c1-2-3-11-26(14-18-19(24)5-4-6-20(18)25)15-21(28)27-12-13-29-22(27)16-7-9-17(23)10-8-16/h4-10,22H,2-3,11-15H2,1H3. The molecule has 0 N–H and O–H groups in total. The molecular weight excluding hydrogens is 397 g/mol. The Morgan fingerprint density at radius 3 is 2.48 bits per heavy atom. The Kier molecular flexibility index (Phi) is 7.61. The third-order valence-electron chi connectivity index (χ3n) is 5.00. The molecule has 1 aliphatic rings. The number of hydrogen-bond donors (Lipinski definition) is 0. The van der Waals surface area contributed by atoms with Crippen molar-refractivity contribution in [1.82, 2.24) is 9.80 Å². The number of carbonyl (C=O) groups excluding carboxylic acids is 1. The van der Waals surface area contributed by atoms with Crippen LogP contribution < -0.4 is 0 Å². The van der Waals surface area contributed by atoms with Crippen molar-refractivity contribution in [3.8, 4) is 0 Å². The summed E-state index contributed by atoms with van der Waals surface area (Å²) < 4.78 is 41.4. The third kappa shape index (κ3) is 5.54. The second kappa shape index (κ2) is 10.2. The lowest BCUT2D eigenvalue weighted by molar-refractivity contribution is -0.132. The molecule has 1 heterocycles. The summed E-state index contributed by atoms with van der Waals surface area (Å²) in [7, 11) is 0. The monoisotopic (exact) mass is 422 g/mol. The van der Waals surface area contributed by atoms with Crippen molar-refractivity contribution < 1.29 is 18.0 Å². The Bertz CT molecular complexity index is 811. The van der Waals surface area contributed by atoms with Crippen molar-refractivity contribution in [2.24, 2.45) is 0 Å². The highest BCUT2D eigenvalue weighted by Gasteiger charge is 2.31. The van der Waals surface area contributed by atoms with Crippen LogP contribution in [0.2, 0.25) is 0 Å². The maximum absolute atomic E-state index is 14.1. The van der Waals surface area contributed by atoms with Gasteiger partial charge in [-0.25, -0.2) is 13.2 Å². The van der Waals surface area contributed by atoms with Gasteiger partial charge in [-0.3, -0.25) is 9.69 Å². The van der Waals surface area contributed by atoms with Crippen molar-refractivity contribution in [2.75, 3.05) is 25.4 Å². The summed E-state index contributed by atoms with van der Waals surface area (Å²) >= 11 is 1.64. The van der Waals surface area contributed by atoms with Crippen LogP contribution in [0.1, 0.15) is 36.3 Å². The lowest BCUT2D eigenvalue weighted by Gasteiger charge is -2.28. The fourth-order valence-electron chi connectivity index (χ4n) is 3.41. The van der Waals surface area contributed by atoms with Crippen molar-refractivity contribution in [1.29, 1.82) is 0 Å². The highest BCUT2D eigenvalue weighted by molar-refractivity contribution is 7.99. The molecule has 1 atom stereocenters. The molecule has 1 amide bonds. The van der Waals surface area contributed by atoms with E-state index in [4.69, 9.17) is 0 Å². The Morgan fingerprint density at radius 2 is 1.83 bits per heavy atom. The molecule has 1 aliphatic heterocycles. The van der Waals surface area contributed by atoms with Crippen LogP contribution in [-0.4, -0.2) is 41.1 Å². The molecule has 0 radical (unpaired) electrons. The number of nitrogens with zero attached hydrogens (tertiary/aromatic N) is 2. The second-order valence-electron chi connectivity index (χ2n) is 7.13. The molecule has 0 spiro atoms. The van der Waals surface area contributed by atoms with Gasteiger partial charge in [0, 0.05) is 24.4 Å². The summed E-state index contributed by atoms with van der Waals surface area (Å²) in [4.78, 5) is 16.6. The van der Waals surface area contributed by atoms with E-state index in [-0.39, 0.29) is 35.8 Å². The highest BCUT2D eigenvalue weighted by atomic mass is 32.2. The van der Waals surface area contributed by atoms with Gasteiger partial charge in [0.05, 0.1) is 6.54 Å². The fourth-order valence-corrected chi connectivity index (χ4v) is 4.69. The highest BCUT2D eigenvalue weighted by Crippen LogP contribution is 2.38. The van der Waals surface area contributed by atoms with Gasteiger partial charge in [0.2, 0.25) is 5.91 Å². The minimum absolute atomic E-state index is 0.0118. The lowest BCUT2D eigenvalue weighted by Crippen LogP contribution is -2.40. The topological polar surface area (TPSA) is 23.6 Å². The van der Waals surface area contributed by atoms with E-state index in [0.717, 1.165) is 24.2 Å². The van der Waals surface area contributed by atoms with E-state index in [0.29, 0.717) is 13.1 Å². The Morgan fingerprint density at radius 1 is 1.14 bits per heavy atom. The SMILES string of the molecule is CCCCN(CC(=O)N1CCSC1c1ccc(F)cc1)Cc1c(F)cccc1F. The molecular formula is C22H25F3N2OS. The average molecular weight is 423 g/mol. The van der Waals surface area contributed by atoms with Crippen LogP contribution in [0.5, 0.6) is 0 Å². The molecule has 0 aliphatic carbocycles. The van der Waals surface area contributed by atoms with Gasteiger partial charge >= 0.3 is 0 Å². The first-order valence-corrected chi connectivity index (χ1v) is 10.9. The van der Waals surface area contributed by atoms with Crippen LogP contribution in [0.3, 0.4) is 0 Å². The van der Waals surface area contributed by atoms with Gasteiger partial charge in [-0.05, 0) is 42.8 Å². The van der Waals surface area contributed by atoms with Crippen molar-refractivity contribution >= 4 is 17.7 Å². The van der Waals surface area contributed by atoms with Gasteiger partial charge in [0.15, 0.2) is 0 Å². The first-order chi connectivity index (χ1) is 14.0. The first kappa shape index (κ1) is 21.7. The lowest BCUT2D eigenvalue weighted by atomic mass is 10.1. The molecule has 1 saturated heterocycles. The Hall–Kier alpha value is -1.99. The number of rotatable bonds is 8. The molecule has 2 aromatic carbocycles. The van der Waals surface area contributed by atoms with E-state index < -0.39 is 11.6 Å².